The Bertz CT molecular complexity index is 400. The second-order valence-corrected chi connectivity index (χ2v) is 5.06. The summed E-state index contributed by atoms with van der Waals surface area (Å²) in [6.07, 6.45) is 2.28. The van der Waals surface area contributed by atoms with Crippen LogP contribution in [0.15, 0.2) is 18.2 Å². The lowest BCUT2D eigenvalue weighted by atomic mass is 10.0. The van der Waals surface area contributed by atoms with Crippen LogP contribution in [0.5, 0.6) is 0 Å². The fourth-order valence-corrected chi connectivity index (χ4v) is 2.65. The van der Waals surface area contributed by atoms with Crippen LogP contribution in [0.2, 0.25) is 0 Å². The molecule has 19 heavy (non-hydrogen) atoms. The van der Waals surface area contributed by atoms with Gasteiger partial charge in [-0.25, -0.2) is 0 Å². The zero-order valence-electron chi connectivity index (χ0n) is 11.5. The van der Waals surface area contributed by atoms with E-state index in [1.165, 1.54) is 11.3 Å². The zero-order valence-corrected chi connectivity index (χ0v) is 11.5. The second kappa shape index (κ2) is 6.89. The molecule has 1 aliphatic rings. The lowest BCUT2D eigenvalue weighted by Gasteiger charge is -2.34. The van der Waals surface area contributed by atoms with Crippen LogP contribution in [0.25, 0.3) is 0 Å². The fraction of sp³-hybridized carbons (Fsp3) is 0.600. The molecule has 1 aromatic rings. The second-order valence-electron chi connectivity index (χ2n) is 5.06. The maximum Gasteiger partial charge on any atom is 0.0701 e. The maximum absolute atomic E-state index is 9.13. The Morgan fingerprint density at radius 3 is 2.58 bits per heavy atom. The molecule has 0 amide bonds. The minimum Gasteiger partial charge on any atom is -0.394 e. The van der Waals surface area contributed by atoms with Crippen LogP contribution < -0.4 is 4.90 Å². The average molecular weight is 265 g/mol. The normalized spacial score (nSPS) is 16.9. The van der Waals surface area contributed by atoms with Crippen molar-refractivity contribution in [3.05, 3.63) is 29.3 Å². The van der Waals surface area contributed by atoms with Crippen molar-refractivity contribution in [2.75, 3.05) is 31.2 Å². The third-order valence-corrected chi connectivity index (χ3v) is 3.67. The summed E-state index contributed by atoms with van der Waals surface area (Å²) in [4.78, 5) is 2.37. The summed E-state index contributed by atoms with van der Waals surface area (Å²) in [5, 5.41) is 17.9. The molecule has 0 atom stereocenters. The van der Waals surface area contributed by atoms with Crippen LogP contribution in [0.1, 0.15) is 24.0 Å². The molecule has 4 nitrogen and oxygen atoms in total. The van der Waals surface area contributed by atoms with E-state index < -0.39 is 0 Å². The molecule has 0 saturated carbocycles. The highest BCUT2D eigenvalue weighted by Crippen LogP contribution is 2.25. The van der Waals surface area contributed by atoms with Crippen LogP contribution in [-0.4, -0.2) is 42.6 Å². The van der Waals surface area contributed by atoms with Crippen LogP contribution in [-0.2, 0) is 11.3 Å². The smallest absolute Gasteiger partial charge is 0.0701 e. The highest BCUT2D eigenvalue weighted by Gasteiger charge is 2.20. The van der Waals surface area contributed by atoms with Crippen molar-refractivity contribution < 1.29 is 14.9 Å². The lowest BCUT2D eigenvalue weighted by Crippen LogP contribution is -2.37. The molecular weight excluding hydrogens is 242 g/mol. The van der Waals surface area contributed by atoms with Crippen LogP contribution in [0.4, 0.5) is 5.69 Å². The van der Waals surface area contributed by atoms with Gasteiger partial charge in [0, 0.05) is 18.8 Å². The number of anilines is 1. The van der Waals surface area contributed by atoms with Gasteiger partial charge < -0.3 is 19.8 Å². The van der Waals surface area contributed by atoms with E-state index in [1.807, 2.05) is 12.1 Å². The van der Waals surface area contributed by atoms with Crippen LogP contribution in [0.3, 0.4) is 0 Å². The molecule has 106 valence electrons. The van der Waals surface area contributed by atoms with Gasteiger partial charge >= 0.3 is 0 Å². The van der Waals surface area contributed by atoms with Gasteiger partial charge in [0.1, 0.15) is 0 Å². The van der Waals surface area contributed by atoms with Gasteiger partial charge in [-0.2, -0.15) is 0 Å². The highest BCUT2D eigenvalue weighted by atomic mass is 16.5. The topological polar surface area (TPSA) is 52.9 Å². The molecule has 0 spiro atoms. The first kappa shape index (κ1) is 14.3. The zero-order chi connectivity index (χ0) is 13.7. The number of hydrogen-bond donors (Lipinski definition) is 2. The molecule has 0 radical (unpaired) electrons. The number of benzene rings is 1. The molecule has 1 heterocycles. The van der Waals surface area contributed by atoms with Crippen molar-refractivity contribution in [2.45, 2.75) is 32.5 Å². The molecule has 1 aliphatic heterocycles. The van der Waals surface area contributed by atoms with E-state index in [9.17, 15) is 0 Å². The van der Waals surface area contributed by atoms with Crippen molar-refractivity contribution in [1.82, 2.24) is 0 Å². The molecule has 1 aromatic carbocycles. The third-order valence-electron chi connectivity index (χ3n) is 3.67. The quantitative estimate of drug-likeness (QED) is 0.846. The van der Waals surface area contributed by atoms with E-state index in [0.29, 0.717) is 6.61 Å². The monoisotopic (exact) mass is 265 g/mol. The third kappa shape index (κ3) is 3.69. The molecule has 0 aliphatic carbocycles. The summed E-state index contributed by atoms with van der Waals surface area (Å²) < 4.78 is 5.57. The summed E-state index contributed by atoms with van der Waals surface area (Å²) in [7, 11) is 0. The van der Waals surface area contributed by atoms with E-state index >= 15 is 0 Å². The Balaban J connectivity index is 1.94. The van der Waals surface area contributed by atoms with Gasteiger partial charge in [0.2, 0.25) is 0 Å². The SMILES string of the molecule is Cc1cc(CO)ccc1N1CCC(OCCO)CC1. The first-order valence-corrected chi connectivity index (χ1v) is 6.92. The maximum atomic E-state index is 9.13. The molecule has 1 fully saturated rings. The summed E-state index contributed by atoms with van der Waals surface area (Å²) in [6, 6.07) is 6.12. The fourth-order valence-electron chi connectivity index (χ4n) is 2.65. The van der Waals surface area contributed by atoms with E-state index in [-0.39, 0.29) is 19.3 Å². The molecule has 4 heteroatoms. The first-order chi connectivity index (χ1) is 9.24. The number of aryl methyl sites for hydroxylation is 1. The molecular formula is C15H23NO3. The predicted octanol–water partition coefficient (Wildman–Crippen LogP) is 1.47. The number of nitrogens with zero attached hydrogens (tertiary/aromatic N) is 1. The van der Waals surface area contributed by atoms with E-state index in [1.54, 1.807) is 0 Å². The minimum absolute atomic E-state index is 0.0954. The standard InChI is InChI=1S/C15H23NO3/c1-12-10-13(11-18)2-3-15(12)16-6-4-14(5-7-16)19-9-8-17/h2-3,10,14,17-18H,4-9,11H2,1H3. The Morgan fingerprint density at radius 2 is 2.00 bits per heavy atom. The van der Waals surface area contributed by atoms with E-state index in [4.69, 9.17) is 14.9 Å². The van der Waals surface area contributed by atoms with Gasteiger partial charge in [0.25, 0.3) is 0 Å². The van der Waals surface area contributed by atoms with Gasteiger partial charge in [0.15, 0.2) is 0 Å². The molecule has 1 saturated heterocycles. The van der Waals surface area contributed by atoms with Gasteiger partial charge in [-0.3, -0.25) is 0 Å². The van der Waals surface area contributed by atoms with Crippen molar-refractivity contribution in [3.63, 3.8) is 0 Å². The summed E-state index contributed by atoms with van der Waals surface area (Å²) in [5.74, 6) is 0. The van der Waals surface area contributed by atoms with Crippen molar-refractivity contribution in [1.29, 1.82) is 0 Å². The van der Waals surface area contributed by atoms with Gasteiger partial charge in [0.05, 0.1) is 25.9 Å². The minimum atomic E-state index is 0.0954. The molecule has 0 unspecified atom stereocenters. The number of hydrogen-bond acceptors (Lipinski definition) is 4. The summed E-state index contributed by atoms with van der Waals surface area (Å²) in [5.41, 5.74) is 3.42. The van der Waals surface area contributed by atoms with Crippen molar-refractivity contribution >= 4 is 5.69 Å². The Labute approximate surface area is 114 Å². The summed E-state index contributed by atoms with van der Waals surface area (Å²) >= 11 is 0. The highest BCUT2D eigenvalue weighted by molar-refractivity contribution is 5.54. The first-order valence-electron chi connectivity index (χ1n) is 6.92. The Hall–Kier alpha value is -1.10. The van der Waals surface area contributed by atoms with Gasteiger partial charge in [-0.15, -0.1) is 0 Å². The van der Waals surface area contributed by atoms with Gasteiger partial charge in [-0.05, 0) is 37.0 Å². The molecule has 0 aromatic heterocycles. The number of aliphatic hydroxyl groups is 2. The predicted molar refractivity (Wildman–Crippen MR) is 75.4 cm³/mol. The molecule has 0 bridgehead atoms. The van der Waals surface area contributed by atoms with E-state index in [0.717, 1.165) is 31.5 Å². The largest absolute Gasteiger partial charge is 0.394 e. The van der Waals surface area contributed by atoms with Crippen molar-refractivity contribution in [3.8, 4) is 0 Å². The Kier molecular flexibility index (Phi) is 5.19. The number of aliphatic hydroxyl groups excluding tert-OH is 2. The van der Waals surface area contributed by atoms with Gasteiger partial charge in [-0.1, -0.05) is 12.1 Å². The lowest BCUT2D eigenvalue weighted by molar-refractivity contribution is 0.0159. The number of rotatable bonds is 5. The van der Waals surface area contributed by atoms with Crippen LogP contribution >= 0.6 is 0 Å². The Morgan fingerprint density at radius 1 is 1.26 bits per heavy atom. The van der Waals surface area contributed by atoms with Crippen molar-refractivity contribution in [2.24, 2.45) is 0 Å². The van der Waals surface area contributed by atoms with E-state index in [2.05, 4.69) is 17.9 Å². The number of piperidine rings is 1. The molecule has 2 N–H and O–H groups in total. The molecule has 2 rings (SSSR count). The summed E-state index contributed by atoms with van der Waals surface area (Å²) in [6.45, 7) is 4.68. The number of ether oxygens (including phenoxy) is 1. The average Bonchev–Trinajstić information content (AvgIpc) is 2.45. The van der Waals surface area contributed by atoms with Crippen LogP contribution in [0, 0.1) is 6.92 Å².